The molecule has 19 heavy (non-hydrogen) atoms. The van der Waals surface area contributed by atoms with E-state index in [2.05, 4.69) is 10.1 Å². The number of amides is 1. The van der Waals surface area contributed by atoms with E-state index in [-0.39, 0.29) is 18.3 Å². The van der Waals surface area contributed by atoms with Crippen LogP contribution in [-0.4, -0.2) is 30.8 Å². The fourth-order valence-electron chi connectivity index (χ4n) is 1.74. The van der Waals surface area contributed by atoms with E-state index < -0.39 is 6.61 Å². The van der Waals surface area contributed by atoms with Crippen molar-refractivity contribution in [1.29, 1.82) is 0 Å². The van der Waals surface area contributed by atoms with Gasteiger partial charge in [0.25, 0.3) is 5.91 Å². The third kappa shape index (κ3) is 4.48. The molecule has 2 N–H and O–H groups in total. The van der Waals surface area contributed by atoms with Gasteiger partial charge in [-0.25, -0.2) is 0 Å². The second-order valence-corrected chi connectivity index (χ2v) is 4.15. The van der Waals surface area contributed by atoms with Gasteiger partial charge in [-0.15, -0.1) is 0 Å². The van der Waals surface area contributed by atoms with Crippen LogP contribution in [-0.2, 0) is 0 Å². The van der Waals surface area contributed by atoms with Gasteiger partial charge >= 0.3 is 6.61 Å². The smallest absolute Gasteiger partial charge is 0.387 e. The van der Waals surface area contributed by atoms with Crippen LogP contribution in [0.5, 0.6) is 5.75 Å². The maximum absolute atomic E-state index is 12.2. The van der Waals surface area contributed by atoms with Gasteiger partial charge in [-0.1, -0.05) is 0 Å². The summed E-state index contributed by atoms with van der Waals surface area (Å²) in [5.41, 5.74) is 1.34. The number of halogens is 2. The molecule has 4 nitrogen and oxygen atoms in total. The largest absolute Gasteiger partial charge is 0.434 e. The minimum absolute atomic E-state index is 0.000494. The van der Waals surface area contributed by atoms with E-state index in [9.17, 15) is 13.6 Å². The third-order valence-corrected chi connectivity index (χ3v) is 2.55. The van der Waals surface area contributed by atoms with Crippen molar-refractivity contribution >= 4 is 5.91 Å². The summed E-state index contributed by atoms with van der Waals surface area (Å²) in [6.45, 7) is 0.689. The Labute approximate surface area is 110 Å². The van der Waals surface area contributed by atoms with Crippen LogP contribution in [0.2, 0.25) is 0 Å². The molecule has 0 radical (unpaired) electrons. The first-order chi connectivity index (χ1) is 8.95. The maximum atomic E-state index is 12.2. The molecule has 0 aliphatic rings. The van der Waals surface area contributed by atoms with Gasteiger partial charge in [0.1, 0.15) is 5.75 Å². The first-order valence-corrected chi connectivity index (χ1v) is 5.90. The second-order valence-electron chi connectivity index (χ2n) is 4.15. The molecule has 0 saturated heterocycles. The summed E-state index contributed by atoms with van der Waals surface area (Å²) in [6.07, 6.45) is 0.469. The Balaban J connectivity index is 2.85. The number of carbonyl (C=O) groups is 1. The lowest BCUT2D eigenvalue weighted by Gasteiger charge is -2.13. The molecule has 1 amide bonds. The van der Waals surface area contributed by atoms with Crippen molar-refractivity contribution in [2.75, 3.05) is 13.2 Å². The standard InChI is InChI=1S/C13H17F2NO3/c1-8-6-10(12(18)16-4-3-5-17)7-9(2)11(8)19-13(14)15/h6-7,13,17H,3-5H2,1-2H3,(H,16,18). The summed E-state index contributed by atoms with van der Waals surface area (Å²) in [7, 11) is 0. The average molecular weight is 273 g/mol. The Hall–Kier alpha value is -1.69. The molecule has 0 fully saturated rings. The lowest BCUT2D eigenvalue weighted by molar-refractivity contribution is -0.0507. The topological polar surface area (TPSA) is 58.6 Å². The summed E-state index contributed by atoms with van der Waals surface area (Å²) in [4.78, 5) is 11.8. The van der Waals surface area contributed by atoms with E-state index in [1.165, 1.54) is 12.1 Å². The van der Waals surface area contributed by atoms with Crippen LogP contribution < -0.4 is 10.1 Å². The molecule has 6 heteroatoms. The van der Waals surface area contributed by atoms with E-state index in [0.717, 1.165) is 0 Å². The SMILES string of the molecule is Cc1cc(C(=O)NCCCO)cc(C)c1OC(F)F. The number of aliphatic hydroxyl groups is 1. The zero-order valence-corrected chi connectivity index (χ0v) is 10.9. The van der Waals surface area contributed by atoms with Crippen LogP contribution in [0.3, 0.4) is 0 Å². The van der Waals surface area contributed by atoms with E-state index in [0.29, 0.717) is 29.7 Å². The Bertz CT molecular complexity index is 427. The van der Waals surface area contributed by atoms with E-state index in [4.69, 9.17) is 5.11 Å². The molecule has 1 aromatic rings. The molecule has 0 aliphatic carbocycles. The van der Waals surface area contributed by atoms with Crippen molar-refractivity contribution in [3.63, 3.8) is 0 Å². The molecule has 0 bridgehead atoms. The maximum Gasteiger partial charge on any atom is 0.387 e. The molecule has 0 saturated carbocycles. The second kappa shape index (κ2) is 7.04. The molecule has 1 rings (SSSR count). The zero-order valence-electron chi connectivity index (χ0n) is 10.9. The van der Waals surface area contributed by atoms with Gasteiger partial charge in [0.05, 0.1) is 0 Å². The van der Waals surface area contributed by atoms with Crippen molar-refractivity contribution in [2.45, 2.75) is 26.9 Å². The highest BCUT2D eigenvalue weighted by atomic mass is 19.3. The van der Waals surface area contributed by atoms with Gasteiger partial charge in [-0.2, -0.15) is 8.78 Å². The van der Waals surface area contributed by atoms with Gasteiger partial charge in [0.15, 0.2) is 0 Å². The van der Waals surface area contributed by atoms with E-state index in [1.807, 2.05) is 0 Å². The van der Waals surface area contributed by atoms with Gasteiger partial charge in [0, 0.05) is 18.7 Å². The highest BCUT2D eigenvalue weighted by molar-refractivity contribution is 5.94. The molecule has 0 aromatic heterocycles. The average Bonchev–Trinajstić information content (AvgIpc) is 2.33. The summed E-state index contributed by atoms with van der Waals surface area (Å²) < 4.78 is 28.9. The minimum atomic E-state index is -2.89. The summed E-state index contributed by atoms with van der Waals surface area (Å²) >= 11 is 0. The van der Waals surface area contributed by atoms with E-state index >= 15 is 0 Å². The Kier molecular flexibility index (Phi) is 5.69. The van der Waals surface area contributed by atoms with Crippen LogP contribution in [0.4, 0.5) is 8.78 Å². The number of aryl methyl sites for hydroxylation is 2. The normalized spacial score (nSPS) is 10.6. The first kappa shape index (κ1) is 15.4. The van der Waals surface area contributed by atoms with Crippen LogP contribution in [0.1, 0.15) is 27.9 Å². The summed E-state index contributed by atoms with van der Waals surface area (Å²) in [6, 6.07) is 3.00. The lowest BCUT2D eigenvalue weighted by atomic mass is 10.1. The number of benzene rings is 1. The van der Waals surface area contributed by atoms with Crippen molar-refractivity contribution < 1.29 is 23.4 Å². The number of hydrogen-bond donors (Lipinski definition) is 2. The van der Waals surface area contributed by atoms with Crippen molar-refractivity contribution in [3.05, 3.63) is 28.8 Å². The van der Waals surface area contributed by atoms with Crippen LogP contribution in [0.25, 0.3) is 0 Å². The van der Waals surface area contributed by atoms with E-state index in [1.54, 1.807) is 13.8 Å². The number of ether oxygens (including phenoxy) is 1. The van der Waals surface area contributed by atoms with Gasteiger partial charge in [-0.3, -0.25) is 4.79 Å². The first-order valence-electron chi connectivity index (χ1n) is 5.90. The molecule has 0 atom stereocenters. The van der Waals surface area contributed by atoms with Crippen molar-refractivity contribution in [3.8, 4) is 5.75 Å². The highest BCUT2D eigenvalue weighted by Crippen LogP contribution is 2.26. The Morgan fingerprint density at radius 2 is 1.95 bits per heavy atom. The molecule has 0 heterocycles. The Morgan fingerprint density at radius 1 is 1.37 bits per heavy atom. The lowest BCUT2D eigenvalue weighted by Crippen LogP contribution is -2.25. The predicted molar refractivity (Wildman–Crippen MR) is 66.6 cm³/mol. The molecular weight excluding hydrogens is 256 g/mol. The van der Waals surface area contributed by atoms with Crippen molar-refractivity contribution in [1.82, 2.24) is 5.32 Å². The number of hydrogen-bond acceptors (Lipinski definition) is 3. The monoisotopic (exact) mass is 273 g/mol. The summed E-state index contributed by atoms with van der Waals surface area (Å²) in [5.74, 6) is -0.204. The molecular formula is C13H17F2NO3. The quantitative estimate of drug-likeness (QED) is 0.780. The zero-order chi connectivity index (χ0) is 14.4. The molecule has 1 aromatic carbocycles. The third-order valence-electron chi connectivity index (χ3n) is 2.55. The fraction of sp³-hybridized carbons (Fsp3) is 0.462. The number of alkyl halides is 2. The molecule has 0 spiro atoms. The van der Waals surface area contributed by atoms with Crippen LogP contribution in [0.15, 0.2) is 12.1 Å². The predicted octanol–water partition coefficient (Wildman–Crippen LogP) is 2.02. The molecule has 0 aliphatic heterocycles. The van der Waals surface area contributed by atoms with Gasteiger partial charge in [-0.05, 0) is 43.5 Å². The van der Waals surface area contributed by atoms with Crippen LogP contribution in [0, 0.1) is 13.8 Å². The summed E-state index contributed by atoms with van der Waals surface area (Å²) in [5, 5.41) is 11.2. The number of carbonyl (C=O) groups excluding carboxylic acids is 1. The molecule has 106 valence electrons. The Morgan fingerprint density at radius 3 is 2.42 bits per heavy atom. The van der Waals surface area contributed by atoms with Crippen molar-refractivity contribution in [2.24, 2.45) is 0 Å². The van der Waals surface area contributed by atoms with Gasteiger partial charge < -0.3 is 15.2 Å². The highest BCUT2D eigenvalue weighted by Gasteiger charge is 2.14. The number of aliphatic hydroxyl groups excluding tert-OH is 1. The number of rotatable bonds is 6. The molecule has 0 unspecified atom stereocenters. The minimum Gasteiger partial charge on any atom is -0.434 e. The number of nitrogens with one attached hydrogen (secondary N) is 1. The van der Waals surface area contributed by atoms with Crippen LogP contribution >= 0.6 is 0 Å². The van der Waals surface area contributed by atoms with Gasteiger partial charge in [0.2, 0.25) is 0 Å². The fourth-order valence-corrected chi connectivity index (χ4v) is 1.74.